The molecule has 2 N–H and O–H groups in total. The molecule has 1 aliphatic carbocycles. The van der Waals surface area contributed by atoms with Crippen LogP contribution in [-0.2, 0) is 11.2 Å². The molecule has 0 amide bonds. The van der Waals surface area contributed by atoms with Gasteiger partial charge in [0.25, 0.3) is 0 Å². The Bertz CT molecular complexity index is 352. The Morgan fingerprint density at radius 3 is 3.00 bits per heavy atom. The molecule has 1 aliphatic rings. The number of aliphatic carboxylic acids is 1. The highest BCUT2D eigenvalue weighted by Gasteiger charge is 2.33. The maximum Gasteiger partial charge on any atom is 0.306 e. The molecule has 16 heavy (non-hydrogen) atoms. The number of aliphatic hydroxyl groups is 1. The smallest absolute Gasteiger partial charge is 0.306 e. The minimum absolute atomic E-state index is 0.116. The number of rotatable bonds is 4. The summed E-state index contributed by atoms with van der Waals surface area (Å²) >= 11 is 1.53. The molecule has 3 atom stereocenters. The van der Waals surface area contributed by atoms with Crippen LogP contribution in [0.3, 0.4) is 0 Å². The summed E-state index contributed by atoms with van der Waals surface area (Å²) in [4.78, 5) is 14.9. The van der Waals surface area contributed by atoms with E-state index in [0.717, 1.165) is 11.4 Å². The monoisotopic (exact) mass is 241 g/mol. The van der Waals surface area contributed by atoms with E-state index in [9.17, 15) is 9.90 Å². The van der Waals surface area contributed by atoms with Gasteiger partial charge >= 0.3 is 5.97 Å². The molecule has 3 unspecified atom stereocenters. The number of thiazole rings is 1. The quantitative estimate of drug-likeness (QED) is 0.839. The molecule has 4 nitrogen and oxygen atoms in total. The highest BCUT2D eigenvalue weighted by atomic mass is 32.1. The third kappa shape index (κ3) is 2.59. The second kappa shape index (κ2) is 4.93. The third-order valence-electron chi connectivity index (χ3n) is 3.23. The Labute approximate surface area is 98.0 Å². The van der Waals surface area contributed by atoms with E-state index in [0.29, 0.717) is 19.3 Å². The van der Waals surface area contributed by atoms with Gasteiger partial charge in [-0.15, -0.1) is 11.3 Å². The molecule has 88 valence electrons. The van der Waals surface area contributed by atoms with Crippen LogP contribution in [0, 0.1) is 11.8 Å². The van der Waals surface area contributed by atoms with Crippen LogP contribution in [0.5, 0.6) is 0 Å². The number of carboxylic acids is 1. The van der Waals surface area contributed by atoms with Crippen molar-refractivity contribution in [1.82, 2.24) is 4.98 Å². The van der Waals surface area contributed by atoms with Crippen LogP contribution in [0.25, 0.3) is 0 Å². The Kier molecular flexibility index (Phi) is 3.56. The van der Waals surface area contributed by atoms with Crippen molar-refractivity contribution in [2.75, 3.05) is 0 Å². The summed E-state index contributed by atoms with van der Waals surface area (Å²) in [6, 6.07) is 0. The lowest BCUT2D eigenvalue weighted by atomic mass is 9.97. The fourth-order valence-corrected chi connectivity index (χ4v) is 2.96. The Hall–Kier alpha value is -0.940. The van der Waals surface area contributed by atoms with Gasteiger partial charge in [0.05, 0.1) is 17.0 Å². The van der Waals surface area contributed by atoms with E-state index in [-0.39, 0.29) is 11.8 Å². The zero-order chi connectivity index (χ0) is 11.5. The SMILES string of the molecule is O=C(O)C1CCC(C(O)Cc2nccs2)C1. The van der Waals surface area contributed by atoms with Crippen molar-refractivity contribution in [2.24, 2.45) is 11.8 Å². The zero-order valence-electron chi connectivity index (χ0n) is 8.87. The van der Waals surface area contributed by atoms with Crippen molar-refractivity contribution in [2.45, 2.75) is 31.8 Å². The first-order valence-electron chi connectivity index (χ1n) is 5.46. The standard InChI is InChI=1S/C11H15NO3S/c13-9(6-10-12-3-4-16-10)7-1-2-8(5-7)11(14)15/h3-4,7-9,13H,1-2,5-6H2,(H,14,15). The molecule has 1 aromatic rings. The van der Waals surface area contributed by atoms with Gasteiger partial charge in [0.15, 0.2) is 0 Å². The topological polar surface area (TPSA) is 70.4 Å². The molecule has 1 fully saturated rings. The first-order chi connectivity index (χ1) is 7.66. The molecule has 0 spiro atoms. The summed E-state index contributed by atoms with van der Waals surface area (Å²) in [5, 5.41) is 21.7. The van der Waals surface area contributed by atoms with E-state index in [1.807, 2.05) is 5.38 Å². The van der Waals surface area contributed by atoms with E-state index in [4.69, 9.17) is 5.11 Å². The van der Waals surface area contributed by atoms with Crippen LogP contribution in [0.4, 0.5) is 0 Å². The van der Waals surface area contributed by atoms with Gasteiger partial charge in [-0.25, -0.2) is 4.98 Å². The van der Waals surface area contributed by atoms with Crippen molar-refractivity contribution in [3.63, 3.8) is 0 Å². The van der Waals surface area contributed by atoms with E-state index < -0.39 is 12.1 Å². The molecule has 0 aliphatic heterocycles. The third-order valence-corrected chi connectivity index (χ3v) is 4.04. The fourth-order valence-electron chi connectivity index (χ4n) is 2.29. The number of aliphatic hydroxyl groups excluding tert-OH is 1. The first kappa shape index (κ1) is 11.5. The van der Waals surface area contributed by atoms with E-state index in [1.54, 1.807) is 6.20 Å². The van der Waals surface area contributed by atoms with Crippen LogP contribution in [0.1, 0.15) is 24.3 Å². The van der Waals surface area contributed by atoms with Gasteiger partial charge in [-0.3, -0.25) is 4.79 Å². The molecule has 0 saturated heterocycles. The molecule has 1 heterocycles. The Balaban J connectivity index is 1.87. The van der Waals surface area contributed by atoms with Gasteiger partial charge in [-0.1, -0.05) is 0 Å². The summed E-state index contributed by atoms with van der Waals surface area (Å²) < 4.78 is 0. The number of carboxylic acid groups (broad SMARTS) is 1. The average Bonchev–Trinajstić information content (AvgIpc) is 2.86. The van der Waals surface area contributed by atoms with Crippen LogP contribution < -0.4 is 0 Å². The summed E-state index contributed by atoms with van der Waals surface area (Å²) in [6.45, 7) is 0. The lowest BCUT2D eigenvalue weighted by Crippen LogP contribution is -2.21. The molecule has 2 rings (SSSR count). The lowest BCUT2D eigenvalue weighted by Gasteiger charge is -2.16. The Morgan fingerprint density at radius 1 is 1.62 bits per heavy atom. The minimum atomic E-state index is -0.732. The molecule has 0 radical (unpaired) electrons. The second-order valence-electron chi connectivity index (χ2n) is 4.31. The molecular weight excluding hydrogens is 226 g/mol. The highest BCUT2D eigenvalue weighted by molar-refractivity contribution is 7.09. The van der Waals surface area contributed by atoms with Crippen LogP contribution in [-0.4, -0.2) is 27.3 Å². The summed E-state index contributed by atoms with van der Waals surface area (Å²) in [6.07, 6.45) is 3.92. The summed E-state index contributed by atoms with van der Waals surface area (Å²) in [7, 11) is 0. The van der Waals surface area contributed by atoms with Crippen LogP contribution in [0.15, 0.2) is 11.6 Å². The molecule has 0 aromatic carbocycles. The maximum absolute atomic E-state index is 10.8. The second-order valence-corrected chi connectivity index (χ2v) is 5.28. The largest absolute Gasteiger partial charge is 0.481 e. The van der Waals surface area contributed by atoms with Crippen molar-refractivity contribution in [3.8, 4) is 0 Å². The number of nitrogens with zero attached hydrogens (tertiary/aromatic N) is 1. The summed E-state index contributed by atoms with van der Waals surface area (Å²) in [5.74, 6) is -0.884. The predicted molar refractivity (Wildman–Crippen MR) is 60.3 cm³/mol. The van der Waals surface area contributed by atoms with Gasteiger partial charge in [0.1, 0.15) is 0 Å². The zero-order valence-corrected chi connectivity index (χ0v) is 9.69. The normalized spacial score (nSPS) is 26.8. The van der Waals surface area contributed by atoms with Crippen LogP contribution in [0.2, 0.25) is 0 Å². The number of hydrogen-bond donors (Lipinski definition) is 2. The molecule has 1 saturated carbocycles. The summed E-state index contributed by atoms with van der Waals surface area (Å²) in [5.41, 5.74) is 0. The van der Waals surface area contributed by atoms with Crippen molar-refractivity contribution < 1.29 is 15.0 Å². The number of hydrogen-bond acceptors (Lipinski definition) is 4. The van der Waals surface area contributed by atoms with Crippen molar-refractivity contribution >= 4 is 17.3 Å². The maximum atomic E-state index is 10.8. The highest BCUT2D eigenvalue weighted by Crippen LogP contribution is 2.34. The van der Waals surface area contributed by atoms with Gasteiger partial charge in [-0.05, 0) is 25.2 Å². The van der Waals surface area contributed by atoms with E-state index >= 15 is 0 Å². The van der Waals surface area contributed by atoms with Crippen molar-refractivity contribution in [3.05, 3.63) is 16.6 Å². The number of carbonyl (C=O) groups is 1. The van der Waals surface area contributed by atoms with E-state index in [2.05, 4.69) is 4.98 Å². The fraction of sp³-hybridized carbons (Fsp3) is 0.636. The Morgan fingerprint density at radius 2 is 2.44 bits per heavy atom. The average molecular weight is 241 g/mol. The van der Waals surface area contributed by atoms with Gasteiger partial charge in [-0.2, -0.15) is 0 Å². The minimum Gasteiger partial charge on any atom is -0.481 e. The van der Waals surface area contributed by atoms with Gasteiger partial charge in [0.2, 0.25) is 0 Å². The lowest BCUT2D eigenvalue weighted by molar-refractivity contribution is -0.141. The molecule has 5 heteroatoms. The molecule has 1 aromatic heterocycles. The van der Waals surface area contributed by atoms with Crippen LogP contribution >= 0.6 is 11.3 Å². The van der Waals surface area contributed by atoms with Crippen molar-refractivity contribution in [1.29, 1.82) is 0 Å². The van der Waals surface area contributed by atoms with Gasteiger partial charge < -0.3 is 10.2 Å². The predicted octanol–water partition coefficient (Wildman–Crippen LogP) is 1.55. The molecule has 0 bridgehead atoms. The van der Waals surface area contributed by atoms with E-state index in [1.165, 1.54) is 11.3 Å². The van der Waals surface area contributed by atoms with Gasteiger partial charge in [0, 0.05) is 18.0 Å². The first-order valence-corrected chi connectivity index (χ1v) is 6.34. The number of aromatic nitrogens is 1. The molecular formula is C11H15NO3S.